The second kappa shape index (κ2) is 7.06. The fraction of sp³-hybridized carbons (Fsp3) is 0.450. The molecule has 2 aliphatic rings. The van der Waals surface area contributed by atoms with Crippen LogP contribution in [0.4, 0.5) is 0 Å². The third-order valence-electron chi connectivity index (χ3n) is 5.39. The summed E-state index contributed by atoms with van der Waals surface area (Å²) in [6.45, 7) is 0. The molecule has 2 heterocycles. The van der Waals surface area contributed by atoms with Gasteiger partial charge < -0.3 is 9.88 Å². The van der Waals surface area contributed by atoms with Gasteiger partial charge in [-0.3, -0.25) is 4.79 Å². The predicted molar refractivity (Wildman–Crippen MR) is 98.1 cm³/mol. The van der Waals surface area contributed by atoms with Gasteiger partial charge in [0.15, 0.2) is 0 Å². The van der Waals surface area contributed by atoms with E-state index in [1.165, 1.54) is 10.5 Å². The first-order valence-corrected chi connectivity index (χ1v) is 9.94. The molecule has 1 aromatic heterocycles. The fourth-order valence-corrected chi connectivity index (χ4v) is 5.13. The molecular formula is C20H24N2OS. The summed E-state index contributed by atoms with van der Waals surface area (Å²) in [5.74, 6) is 1.52. The molecule has 1 fully saturated rings. The first-order valence-electron chi connectivity index (χ1n) is 8.96. The van der Waals surface area contributed by atoms with Crippen LogP contribution in [0.3, 0.4) is 0 Å². The molecule has 0 spiro atoms. The first-order chi connectivity index (χ1) is 11.8. The monoisotopic (exact) mass is 340 g/mol. The second-order valence-electron chi connectivity index (χ2n) is 6.87. The van der Waals surface area contributed by atoms with Crippen LogP contribution in [0.2, 0.25) is 0 Å². The molecular weight excluding hydrogens is 316 g/mol. The minimum absolute atomic E-state index is 0.179. The Morgan fingerprint density at radius 2 is 1.75 bits per heavy atom. The summed E-state index contributed by atoms with van der Waals surface area (Å²) in [6, 6.07) is 13.4. The molecule has 0 unspecified atom stereocenters. The number of carbonyl (C=O) groups excluding carboxylic acids is 1. The first kappa shape index (κ1) is 15.8. The number of fused-ring (bicyclic) bond motifs is 1. The molecule has 126 valence electrons. The van der Waals surface area contributed by atoms with Crippen molar-refractivity contribution in [2.24, 2.45) is 5.92 Å². The van der Waals surface area contributed by atoms with Gasteiger partial charge in [-0.2, -0.15) is 0 Å². The lowest BCUT2D eigenvalue weighted by molar-refractivity contribution is -0.127. The fourth-order valence-electron chi connectivity index (χ4n) is 4.01. The van der Waals surface area contributed by atoms with E-state index in [1.807, 2.05) is 11.8 Å². The maximum absolute atomic E-state index is 12.7. The molecule has 3 nitrogen and oxygen atoms in total. The maximum atomic E-state index is 12.7. The molecule has 2 aromatic rings. The molecule has 0 radical (unpaired) electrons. The van der Waals surface area contributed by atoms with Gasteiger partial charge in [0.2, 0.25) is 5.91 Å². The lowest BCUT2D eigenvalue weighted by atomic mass is 9.85. The van der Waals surface area contributed by atoms with E-state index in [-0.39, 0.29) is 17.9 Å². The van der Waals surface area contributed by atoms with Gasteiger partial charge in [-0.15, -0.1) is 11.8 Å². The number of nitrogens with zero attached hydrogens (tertiary/aromatic N) is 1. The Hall–Kier alpha value is -1.68. The summed E-state index contributed by atoms with van der Waals surface area (Å²) in [4.78, 5) is 14.1. The van der Waals surface area contributed by atoms with Gasteiger partial charge in [-0.25, -0.2) is 0 Å². The Balaban J connectivity index is 1.36. The number of thioether (sulfide) groups is 1. The van der Waals surface area contributed by atoms with Crippen molar-refractivity contribution in [2.45, 2.75) is 49.1 Å². The molecule has 1 amide bonds. The Labute approximate surface area is 147 Å². The highest BCUT2D eigenvalue weighted by Gasteiger charge is 2.29. The molecule has 0 bridgehead atoms. The predicted octanol–water partition coefficient (Wildman–Crippen LogP) is 4.57. The molecule has 24 heavy (non-hydrogen) atoms. The van der Waals surface area contributed by atoms with Crippen LogP contribution < -0.4 is 5.32 Å². The van der Waals surface area contributed by atoms with Crippen molar-refractivity contribution in [2.75, 3.05) is 5.75 Å². The van der Waals surface area contributed by atoms with Gasteiger partial charge in [0.1, 0.15) is 0 Å². The number of amides is 1. The van der Waals surface area contributed by atoms with Crippen LogP contribution in [0.5, 0.6) is 0 Å². The highest BCUT2D eigenvalue weighted by Crippen LogP contribution is 2.37. The molecule has 1 N–H and O–H groups in total. The van der Waals surface area contributed by atoms with Gasteiger partial charge in [0.05, 0.1) is 6.04 Å². The van der Waals surface area contributed by atoms with Crippen LogP contribution in [0, 0.1) is 5.92 Å². The summed E-state index contributed by atoms with van der Waals surface area (Å²) in [7, 11) is 0. The zero-order valence-corrected chi connectivity index (χ0v) is 14.7. The van der Waals surface area contributed by atoms with Crippen LogP contribution in [-0.4, -0.2) is 16.2 Å². The molecule has 1 atom stereocenters. The molecule has 4 rings (SSSR count). The standard InChI is InChI=1S/C20H24N2OS/c23-20(15-7-9-16(10-8-15)22-12-3-4-13-22)21-18-11-14-24-19-6-2-1-5-17(18)19/h1-6,12-13,15-16,18H,7-11,14H2,(H,21,23)/t15?,16?,18-/m1/s1. The average Bonchev–Trinajstić information content (AvgIpc) is 3.17. The van der Waals surface area contributed by atoms with Crippen molar-refractivity contribution in [3.8, 4) is 0 Å². The number of carbonyl (C=O) groups is 1. The van der Waals surface area contributed by atoms with Crippen LogP contribution in [0.25, 0.3) is 0 Å². The smallest absolute Gasteiger partial charge is 0.223 e. The normalized spacial score (nSPS) is 26.6. The number of benzene rings is 1. The van der Waals surface area contributed by atoms with Crippen LogP contribution >= 0.6 is 11.8 Å². The zero-order valence-electron chi connectivity index (χ0n) is 13.9. The number of rotatable bonds is 3. The largest absolute Gasteiger partial charge is 0.351 e. The minimum atomic E-state index is 0.179. The highest BCUT2D eigenvalue weighted by atomic mass is 32.2. The van der Waals surface area contributed by atoms with E-state index >= 15 is 0 Å². The highest BCUT2D eigenvalue weighted by molar-refractivity contribution is 7.99. The number of hydrogen-bond donors (Lipinski definition) is 1. The lowest BCUT2D eigenvalue weighted by Gasteiger charge is -2.31. The van der Waals surface area contributed by atoms with Crippen LogP contribution in [-0.2, 0) is 4.79 Å². The molecule has 1 aromatic carbocycles. The molecule has 1 saturated carbocycles. The van der Waals surface area contributed by atoms with Crippen molar-refractivity contribution in [1.29, 1.82) is 0 Å². The summed E-state index contributed by atoms with van der Waals surface area (Å²) in [5, 5.41) is 3.34. The molecule has 1 aliphatic carbocycles. The minimum Gasteiger partial charge on any atom is -0.351 e. The third-order valence-corrected chi connectivity index (χ3v) is 6.51. The van der Waals surface area contributed by atoms with Crippen molar-refractivity contribution < 1.29 is 4.79 Å². The summed E-state index contributed by atoms with van der Waals surface area (Å²) < 4.78 is 2.29. The maximum Gasteiger partial charge on any atom is 0.223 e. The second-order valence-corrected chi connectivity index (χ2v) is 8.01. The van der Waals surface area contributed by atoms with Gasteiger partial charge in [-0.05, 0) is 55.9 Å². The van der Waals surface area contributed by atoms with Crippen molar-refractivity contribution in [3.63, 3.8) is 0 Å². The average molecular weight is 340 g/mol. The Morgan fingerprint density at radius 1 is 1.00 bits per heavy atom. The van der Waals surface area contributed by atoms with E-state index in [1.54, 1.807) is 0 Å². The zero-order chi connectivity index (χ0) is 16.4. The Morgan fingerprint density at radius 3 is 2.54 bits per heavy atom. The SMILES string of the molecule is O=C(N[C@@H]1CCSc2ccccc21)C1CCC(n2cccc2)CC1. The van der Waals surface area contributed by atoms with Gasteiger partial charge >= 0.3 is 0 Å². The van der Waals surface area contributed by atoms with Crippen molar-refractivity contribution >= 4 is 17.7 Å². The lowest BCUT2D eigenvalue weighted by Crippen LogP contribution is -2.37. The Bertz CT molecular complexity index is 689. The van der Waals surface area contributed by atoms with E-state index in [4.69, 9.17) is 0 Å². The van der Waals surface area contributed by atoms with Gasteiger partial charge in [0.25, 0.3) is 0 Å². The van der Waals surface area contributed by atoms with Gasteiger partial charge in [0, 0.05) is 35.0 Å². The molecule has 4 heteroatoms. The van der Waals surface area contributed by atoms with Crippen LogP contribution in [0.1, 0.15) is 49.8 Å². The van der Waals surface area contributed by atoms with E-state index in [2.05, 4.69) is 58.7 Å². The number of nitrogens with one attached hydrogen (secondary N) is 1. The number of hydrogen-bond acceptors (Lipinski definition) is 2. The van der Waals surface area contributed by atoms with E-state index in [9.17, 15) is 4.79 Å². The van der Waals surface area contributed by atoms with Gasteiger partial charge in [-0.1, -0.05) is 18.2 Å². The van der Waals surface area contributed by atoms with E-state index in [0.29, 0.717) is 6.04 Å². The quantitative estimate of drug-likeness (QED) is 0.888. The van der Waals surface area contributed by atoms with E-state index < -0.39 is 0 Å². The number of aromatic nitrogens is 1. The summed E-state index contributed by atoms with van der Waals surface area (Å²) in [5.41, 5.74) is 1.29. The molecule has 1 aliphatic heterocycles. The van der Waals surface area contributed by atoms with E-state index in [0.717, 1.165) is 37.9 Å². The third kappa shape index (κ3) is 3.25. The summed E-state index contributed by atoms with van der Waals surface area (Å²) in [6.07, 6.45) is 9.51. The van der Waals surface area contributed by atoms with Crippen molar-refractivity contribution in [1.82, 2.24) is 9.88 Å². The Kier molecular flexibility index (Phi) is 4.65. The van der Waals surface area contributed by atoms with Crippen molar-refractivity contribution in [3.05, 3.63) is 54.4 Å². The van der Waals surface area contributed by atoms with Crippen LogP contribution in [0.15, 0.2) is 53.7 Å². The summed E-state index contributed by atoms with van der Waals surface area (Å²) >= 11 is 1.90. The topological polar surface area (TPSA) is 34.0 Å². The molecule has 0 saturated heterocycles.